The van der Waals surface area contributed by atoms with Crippen LogP contribution in [0.15, 0.2) is 42.5 Å². The number of carbonyl (C=O) groups excluding carboxylic acids is 1. The number of hydrogen-bond acceptors (Lipinski definition) is 3. The molecule has 0 amide bonds. The highest BCUT2D eigenvalue weighted by atomic mass is 32.1. The number of ketones is 1. The molecule has 3 aromatic rings. The smallest absolute Gasteiger partial charge is 0.169 e. The van der Waals surface area contributed by atoms with Gasteiger partial charge in [0.1, 0.15) is 10.8 Å². The van der Waals surface area contributed by atoms with E-state index >= 15 is 0 Å². The molecule has 2 nitrogen and oxygen atoms in total. The van der Waals surface area contributed by atoms with Crippen molar-refractivity contribution in [1.29, 1.82) is 0 Å². The van der Waals surface area contributed by atoms with Gasteiger partial charge in [0.2, 0.25) is 0 Å². The second-order valence-electron chi connectivity index (χ2n) is 4.69. The van der Waals surface area contributed by atoms with Crippen LogP contribution >= 0.6 is 11.3 Å². The van der Waals surface area contributed by atoms with Crippen LogP contribution in [0.25, 0.3) is 10.2 Å². The van der Waals surface area contributed by atoms with Crippen molar-refractivity contribution in [2.45, 2.75) is 13.3 Å². The molecule has 4 heteroatoms. The number of aromatic nitrogens is 1. The lowest BCUT2D eigenvalue weighted by Crippen LogP contribution is -2.04. The maximum Gasteiger partial charge on any atom is 0.169 e. The van der Waals surface area contributed by atoms with Gasteiger partial charge in [-0.2, -0.15) is 0 Å². The minimum Gasteiger partial charge on any atom is -0.294 e. The molecule has 0 spiro atoms. The van der Waals surface area contributed by atoms with Gasteiger partial charge in [-0.15, -0.1) is 11.3 Å². The number of thiazole rings is 1. The maximum atomic E-state index is 13.3. The summed E-state index contributed by atoms with van der Waals surface area (Å²) in [6.07, 6.45) is 0.211. The standard InChI is InChI=1S/C16H12FNOS/c1-10-6-11(8-12(17)7-10)14(19)9-16-18-13-4-2-3-5-15(13)20-16/h2-8H,9H2,1H3. The fourth-order valence-corrected chi connectivity index (χ4v) is 3.10. The SMILES string of the molecule is Cc1cc(F)cc(C(=O)Cc2nc3ccccc3s2)c1. The largest absolute Gasteiger partial charge is 0.294 e. The van der Waals surface area contributed by atoms with Crippen LogP contribution in [0.4, 0.5) is 4.39 Å². The van der Waals surface area contributed by atoms with Crippen LogP contribution < -0.4 is 0 Å². The first-order valence-corrected chi connectivity index (χ1v) is 7.08. The molecule has 0 radical (unpaired) electrons. The number of fused-ring (bicyclic) bond motifs is 1. The molecule has 0 aliphatic carbocycles. The Balaban J connectivity index is 1.88. The van der Waals surface area contributed by atoms with Crippen molar-refractivity contribution in [1.82, 2.24) is 4.98 Å². The molecule has 0 fully saturated rings. The van der Waals surface area contributed by atoms with Crippen LogP contribution in [0.2, 0.25) is 0 Å². The first-order chi connectivity index (χ1) is 9.61. The van der Waals surface area contributed by atoms with Gasteiger partial charge >= 0.3 is 0 Å². The third-order valence-electron chi connectivity index (χ3n) is 3.01. The molecule has 0 unspecified atom stereocenters. The van der Waals surface area contributed by atoms with Gasteiger partial charge in [-0.25, -0.2) is 9.37 Å². The lowest BCUT2D eigenvalue weighted by atomic mass is 10.1. The van der Waals surface area contributed by atoms with E-state index < -0.39 is 0 Å². The van der Waals surface area contributed by atoms with E-state index in [9.17, 15) is 9.18 Å². The Morgan fingerprint density at radius 1 is 1.25 bits per heavy atom. The number of rotatable bonds is 3. The fraction of sp³-hybridized carbons (Fsp3) is 0.125. The predicted octanol–water partition coefficient (Wildman–Crippen LogP) is 4.17. The summed E-state index contributed by atoms with van der Waals surface area (Å²) in [7, 11) is 0. The molecule has 2 aromatic carbocycles. The summed E-state index contributed by atoms with van der Waals surface area (Å²) in [4.78, 5) is 16.6. The normalized spacial score (nSPS) is 10.9. The molecule has 0 aliphatic heterocycles. The Bertz CT molecular complexity index is 741. The molecule has 0 saturated heterocycles. The van der Waals surface area contributed by atoms with Gasteiger partial charge in [-0.3, -0.25) is 4.79 Å². The quantitative estimate of drug-likeness (QED) is 0.676. The molecule has 0 saturated carbocycles. The van der Waals surface area contributed by atoms with Crippen molar-refractivity contribution in [2.24, 2.45) is 0 Å². The van der Waals surface area contributed by atoms with E-state index in [4.69, 9.17) is 0 Å². The van der Waals surface area contributed by atoms with Crippen LogP contribution in [0, 0.1) is 12.7 Å². The topological polar surface area (TPSA) is 30.0 Å². The number of halogens is 1. The van der Waals surface area contributed by atoms with Gasteiger partial charge in [0.05, 0.1) is 16.6 Å². The Hall–Kier alpha value is -2.07. The average Bonchev–Trinajstić information content (AvgIpc) is 2.79. The van der Waals surface area contributed by atoms with Crippen molar-refractivity contribution >= 4 is 27.3 Å². The molecule has 100 valence electrons. The molecule has 20 heavy (non-hydrogen) atoms. The zero-order chi connectivity index (χ0) is 14.1. The van der Waals surface area contributed by atoms with Crippen LogP contribution in [0.1, 0.15) is 20.9 Å². The molecule has 0 atom stereocenters. The highest BCUT2D eigenvalue weighted by Crippen LogP contribution is 2.23. The minimum atomic E-state index is -0.377. The highest BCUT2D eigenvalue weighted by molar-refractivity contribution is 7.18. The Morgan fingerprint density at radius 3 is 2.80 bits per heavy atom. The number of aryl methyl sites for hydroxylation is 1. The number of para-hydroxylation sites is 1. The van der Waals surface area contributed by atoms with Crippen LogP contribution in [-0.4, -0.2) is 10.8 Å². The van der Waals surface area contributed by atoms with E-state index in [-0.39, 0.29) is 18.0 Å². The van der Waals surface area contributed by atoms with E-state index in [0.29, 0.717) is 5.56 Å². The van der Waals surface area contributed by atoms with Gasteiger partial charge in [0, 0.05) is 5.56 Å². The summed E-state index contributed by atoms with van der Waals surface area (Å²) in [5.74, 6) is -0.482. The molecule has 1 aromatic heterocycles. The van der Waals surface area contributed by atoms with Gasteiger partial charge < -0.3 is 0 Å². The van der Waals surface area contributed by atoms with Gasteiger partial charge in [-0.1, -0.05) is 12.1 Å². The lowest BCUT2D eigenvalue weighted by molar-refractivity contribution is 0.0992. The maximum absolute atomic E-state index is 13.3. The van der Waals surface area contributed by atoms with E-state index in [2.05, 4.69) is 4.98 Å². The first kappa shape index (κ1) is 12.9. The third kappa shape index (κ3) is 2.60. The fourth-order valence-electron chi connectivity index (χ4n) is 2.13. The average molecular weight is 285 g/mol. The number of benzene rings is 2. The van der Waals surface area contributed by atoms with E-state index in [1.807, 2.05) is 24.3 Å². The molecular weight excluding hydrogens is 273 g/mol. The zero-order valence-electron chi connectivity index (χ0n) is 10.9. The van der Waals surface area contributed by atoms with E-state index in [0.717, 1.165) is 20.8 Å². The molecule has 3 rings (SSSR count). The second kappa shape index (κ2) is 5.13. The number of nitrogens with zero attached hydrogens (tertiary/aromatic N) is 1. The number of Topliss-reactive ketones (excluding diaryl/α,β-unsaturated/α-hetero) is 1. The Kier molecular flexibility index (Phi) is 3.32. The minimum absolute atomic E-state index is 0.105. The lowest BCUT2D eigenvalue weighted by Gasteiger charge is -2.01. The summed E-state index contributed by atoms with van der Waals surface area (Å²) in [5, 5.41) is 0.762. The van der Waals surface area contributed by atoms with Crippen molar-refractivity contribution in [3.05, 3.63) is 64.4 Å². The Labute approximate surface area is 119 Å². The summed E-state index contributed by atoms with van der Waals surface area (Å²) >= 11 is 1.50. The first-order valence-electron chi connectivity index (χ1n) is 6.27. The second-order valence-corrected chi connectivity index (χ2v) is 5.81. The zero-order valence-corrected chi connectivity index (χ0v) is 11.7. The van der Waals surface area contributed by atoms with Gasteiger partial charge in [0.15, 0.2) is 5.78 Å². The van der Waals surface area contributed by atoms with Crippen LogP contribution in [0.5, 0.6) is 0 Å². The molecule has 1 heterocycles. The van der Waals surface area contributed by atoms with E-state index in [1.165, 1.54) is 23.5 Å². The van der Waals surface area contributed by atoms with Crippen LogP contribution in [0.3, 0.4) is 0 Å². The monoisotopic (exact) mass is 285 g/mol. The third-order valence-corrected chi connectivity index (χ3v) is 4.05. The summed E-state index contributed by atoms with van der Waals surface area (Å²) in [6.45, 7) is 1.78. The summed E-state index contributed by atoms with van der Waals surface area (Å²) in [5.41, 5.74) is 2.05. The molecule has 0 aliphatic rings. The van der Waals surface area contributed by atoms with Crippen molar-refractivity contribution in [3.63, 3.8) is 0 Å². The van der Waals surface area contributed by atoms with E-state index in [1.54, 1.807) is 13.0 Å². The summed E-state index contributed by atoms with van der Waals surface area (Å²) < 4.78 is 14.4. The van der Waals surface area contributed by atoms with Crippen molar-refractivity contribution < 1.29 is 9.18 Å². The Morgan fingerprint density at radius 2 is 2.05 bits per heavy atom. The van der Waals surface area contributed by atoms with Gasteiger partial charge in [-0.05, 0) is 42.8 Å². The molecule has 0 N–H and O–H groups in total. The number of hydrogen-bond donors (Lipinski definition) is 0. The number of carbonyl (C=O) groups is 1. The summed E-state index contributed by atoms with van der Waals surface area (Å²) in [6, 6.07) is 12.2. The highest BCUT2D eigenvalue weighted by Gasteiger charge is 2.12. The van der Waals surface area contributed by atoms with Crippen molar-refractivity contribution in [2.75, 3.05) is 0 Å². The van der Waals surface area contributed by atoms with Crippen LogP contribution in [-0.2, 0) is 6.42 Å². The predicted molar refractivity (Wildman–Crippen MR) is 78.8 cm³/mol. The van der Waals surface area contributed by atoms with Crippen molar-refractivity contribution in [3.8, 4) is 0 Å². The van der Waals surface area contributed by atoms with Gasteiger partial charge in [0.25, 0.3) is 0 Å². The molecular formula is C16H12FNOS. The molecule has 0 bridgehead atoms.